The minimum absolute atomic E-state index is 0.0826. The highest BCUT2D eigenvalue weighted by Crippen LogP contribution is 2.30. The zero-order chi connectivity index (χ0) is 15.5. The molecule has 2 rings (SSSR count). The van der Waals surface area contributed by atoms with Gasteiger partial charge < -0.3 is 5.32 Å². The van der Waals surface area contributed by atoms with Crippen LogP contribution in [0.1, 0.15) is 37.8 Å². The van der Waals surface area contributed by atoms with Crippen LogP contribution in [0.5, 0.6) is 0 Å². The third-order valence-electron chi connectivity index (χ3n) is 3.98. The summed E-state index contributed by atoms with van der Waals surface area (Å²) in [6.45, 7) is 6.32. The Morgan fingerprint density at radius 1 is 1.29 bits per heavy atom. The lowest BCUT2D eigenvalue weighted by Gasteiger charge is -2.37. The Hall–Kier alpha value is -0.910. The maximum absolute atomic E-state index is 12.6. The molecular formula is C16H26N2O2S. The second kappa shape index (κ2) is 6.46. The molecule has 0 spiro atoms. The van der Waals surface area contributed by atoms with E-state index in [-0.39, 0.29) is 11.2 Å². The standard InChI is InChI=1S/C16H26N2O2S/c1-16(2)8-5-9-18(13-16)21(19,20)12-15-7-4-6-14(10-15)11-17-3/h4,6-7,10,17H,5,8-9,11-13H2,1-3H3. The molecule has 21 heavy (non-hydrogen) atoms. The third-order valence-corrected chi connectivity index (χ3v) is 5.78. The molecule has 0 aromatic heterocycles. The fourth-order valence-electron chi connectivity index (χ4n) is 2.94. The Balaban J connectivity index is 2.12. The quantitative estimate of drug-likeness (QED) is 0.908. The third kappa shape index (κ3) is 4.53. The van der Waals surface area contributed by atoms with Crippen LogP contribution < -0.4 is 5.32 Å². The number of piperidine rings is 1. The van der Waals surface area contributed by atoms with Gasteiger partial charge in [0, 0.05) is 19.6 Å². The van der Waals surface area contributed by atoms with Gasteiger partial charge in [-0.2, -0.15) is 0 Å². The summed E-state index contributed by atoms with van der Waals surface area (Å²) in [6.07, 6.45) is 2.04. The van der Waals surface area contributed by atoms with Crippen molar-refractivity contribution < 1.29 is 8.42 Å². The van der Waals surface area contributed by atoms with Crippen molar-refractivity contribution in [2.45, 2.75) is 39.0 Å². The molecule has 0 amide bonds. The number of hydrogen-bond donors (Lipinski definition) is 1. The lowest BCUT2D eigenvalue weighted by atomic mass is 9.85. The topological polar surface area (TPSA) is 49.4 Å². The van der Waals surface area contributed by atoms with Crippen molar-refractivity contribution in [3.63, 3.8) is 0 Å². The van der Waals surface area contributed by atoms with Crippen LogP contribution in [0.4, 0.5) is 0 Å². The summed E-state index contributed by atoms with van der Waals surface area (Å²) >= 11 is 0. The van der Waals surface area contributed by atoms with Crippen LogP contribution in [0.15, 0.2) is 24.3 Å². The van der Waals surface area contributed by atoms with Gasteiger partial charge in [0.25, 0.3) is 0 Å². The van der Waals surface area contributed by atoms with Gasteiger partial charge in [0.15, 0.2) is 0 Å². The van der Waals surface area contributed by atoms with E-state index >= 15 is 0 Å². The molecule has 1 heterocycles. The second-order valence-corrected chi connectivity index (χ2v) is 8.68. The fourth-order valence-corrected chi connectivity index (χ4v) is 4.68. The molecule has 0 atom stereocenters. The van der Waals surface area contributed by atoms with E-state index in [9.17, 15) is 8.42 Å². The molecule has 1 aromatic rings. The summed E-state index contributed by atoms with van der Waals surface area (Å²) in [6, 6.07) is 7.81. The van der Waals surface area contributed by atoms with Gasteiger partial charge in [-0.05, 0) is 36.4 Å². The molecule has 5 heteroatoms. The van der Waals surface area contributed by atoms with E-state index in [1.807, 2.05) is 31.3 Å². The summed E-state index contributed by atoms with van der Waals surface area (Å²) in [7, 11) is -1.34. The molecule has 1 aromatic carbocycles. The first kappa shape index (κ1) is 16.5. The number of hydrogen-bond acceptors (Lipinski definition) is 3. The number of rotatable bonds is 5. The van der Waals surface area contributed by atoms with E-state index in [2.05, 4.69) is 19.2 Å². The van der Waals surface area contributed by atoms with Crippen LogP contribution in [-0.4, -0.2) is 32.9 Å². The molecule has 1 aliphatic heterocycles. The van der Waals surface area contributed by atoms with E-state index in [0.717, 1.165) is 30.5 Å². The van der Waals surface area contributed by atoms with Crippen molar-refractivity contribution in [1.82, 2.24) is 9.62 Å². The largest absolute Gasteiger partial charge is 0.316 e. The smallest absolute Gasteiger partial charge is 0.218 e. The Morgan fingerprint density at radius 3 is 2.67 bits per heavy atom. The summed E-state index contributed by atoms with van der Waals surface area (Å²) in [5, 5.41) is 3.09. The Kier molecular flexibility index (Phi) is 5.07. The average Bonchev–Trinajstić information content (AvgIpc) is 2.38. The molecule has 0 aliphatic carbocycles. The normalized spacial score (nSPS) is 19.6. The lowest BCUT2D eigenvalue weighted by molar-refractivity contribution is 0.187. The average molecular weight is 310 g/mol. The minimum Gasteiger partial charge on any atom is -0.316 e. The van der Waals surface area contributed by atoms with Gasteiger partial charge in [0.05, 0.1) is 5.75 Å². The SMILES string of the molecule is CNCc1cccc(CS(=O)(=O)N2CCCC(C)(C)C2)c1. The molecule has 1 aliphatic rings. The van der Waals surface area contributed by atoms with Crippen molar-refractivity contribution >= 4 is 10.0 Å². The first-order chi connectivity index (χ1) is 9.82. The van der Waals surface area contributed by atoms with Crippen LogP contribution in [0.3, 0.4) is 0 Å². The molecule has 0 bridgehead atoms. The zero-order valence-electron chi connectivity index (χ0n) is 13.2. The number of benzene rings is 1. The monoisotopic (exact) mass is 310 g/mol. The second-order valence-electron chi connectivity index (χ2n) is 6.71. The molecule has 0 saturated carbocycles. The highest BCUT2D eigenvalue weighted by molar-refractivity contribution is 7.88. The van der Waals surface area contributed by atoms with Gasteiger partial charge in [0.2, 0.25) is 10.0 Å². The molecule has 0 unspecified atom stereocenters. The van der Waals surface area contributed by atoms with Crippen LogP contribution in [-0.2, 0) is 22.3 Å². The van der Waals surface area contributed by atoms with Crippen LogP contribution in [0.25, 0.3) is 0 Å². The summed E-state index contributed by atoms with van der Waals surface area (Å²) in [5.74, 6) is 0.0979. The van der Waals surface area contributed by atoms with Crippen molar-refractivity contribution in [2.24, 2.45) is 5.41 Å². The van der Waals surface area contributed by atoms with E-state index < -0.39 is 10.0 Å². The number of nitrogens with one attached hydrogen (secondary N) is 1. The summed E-state index contributed by atoms with van der Waals surface area (Å²) < 4.78 is 26.9. The van der Waals surface area contributed by atoms with Gasteiger partial charge >= 0.3 is 0 Å². The maximum Gasteiger partial charge on any atom is 0.218 e. The van der Waals surface area contributed by atoms with Crippen molar-refractivity contribution in [1.29, 1.82) is 0 Å². The fraction of sp³-hybridized carbons (Fsp3) is 0.625. The predicted molar refractivity (Wildman–Crippen MR) is 86.4 cm³/mol. The van der Waals surface area contributed by atoms with E-state index in [4.69, 9.17) is 0 Å². The number of nitrogens with zero attached hydrogens (tertiary/aromatic N) is 1. The molecular weight excluding hydrogens is 284 g/mol. The van der Waals surface area contributed by atoms with Crippen LogP contribution >= 0.6 is 0 Å². The molecule has 4 nitrogen and oxygen atoms in total. The van der Waals surface area contributed by atoms with Crippen molar-refractivity contribution in [2.75, 3.05) is 20.1 Å². The van der Waals surface area contributed by atoms with Crippen molar-refractivity contribution in [3.8, 4) is 0 Å². The first-order valence-corrected chi connectivity index (χ1v) is 9.14. The van der Waals surface area contributed by atoms with E-state index in [1.54, 1.807) is 4.31 Å². The Labute approximate surface area is 128 Å². The first-order valence-electron chi connectivity index (χ1n) is 7.53. The molecule has 0 radical (unpaired) electrons. The molecule has 1 fully saturated rings. The Bertz CT molecular complexity index is 582. The summed E-state index contributed by atoms with van der Waals surface area (Å²) in [5.41, 5.74) is 2.06. The van der Waals surface area contributed by atoms with Gasteiger partial charge in [-0.25, -0.2) is 12.7 Å². The minimum atomic E-state index is -3.23. The van der Waals surface area contributed by atoms with Crippen LogP contribution in [0, 0.1) is 5.41 Å². The highest BCUT2D eigenvalue weighted by Gasteiger charge is 2.33. The van der Waals surface area contributed by atoms with Gasteiger partial charge in [0.1, 0.15) is 0 Å². The summed E-state index contributed by atoms with van der Waals surface area (Å²) in [4.78, 5) is 0. The van der Waals surface area contributed by atoms with Gasteiger partial charge in [-0.15, -0.1) is 0 Å². The molecule has 1 N–H and O–H groups in total. The highest BCUT2D eigenvalue weighted by atomic mass is 32.2. The van der Waals surface area contributed by atoms with Crippen molar-refractivity contribution in [3.05, 3.63) is 35.4 Å². The van der Waals surface area contributed by atoms with Gasteiger partial charge in [-0.1, -0.05) is 38.1 Å². The lowest BCUT2D eigenvalue weighted by Crippen LogP contribution is -2.43. The predicted octanol–water partition coefficient (Wildman–Crippen LogP) is 2.36. The maximum atomic E-state index is 12.6. The van der Waals surface area contributed by atoms with E-state index in [0.29, 0.717) is 13.1 Å². The Morgan fingerprint density at radius 2 is 2.00 bits per heavy atom. The molecule has 1 saturated heterocycles. The van der Waals surface area contributed by atoms with Gasteiger partial charge in [-0.3, -0.25) is 0 Å². The van der Waals surface area contributed by atoms with E-state index in [1.165, 1.54) is 0 Å². The van der Waals surface area contributed by atoms with Crippen LogP contribution in [0.2, 0.25) is 0 Å². The zero-order valence-corrected chi connectivity index (χ0v) is 14.0. The number of sulfonamides is 1. The molecule has 118 valence electrons.